The molecule has 4 N–H and O–H groups in total. The fourth-order valence-corrected chi connectivity index (χ4v) is 3.41. The van der Waals surface area contributed by atoms with E-state index in [1.165, 1.54) is 22.2 Å². The Balaban J connectivity index is 1.25. The number of guanidine groups is 1. The minimum atomic E-state index is 0.571. The van der Waals surface area contributed by atoms with E-state index in [2.05, 4.69) is 67.0 Å². The Labute approximate surface area is 168 Å². The number of rotatable bonds is 7. The van der Waals surface area contributed by atoms with Crippen LogP contribution in [0.2, 0.25) is 0 Å². The largest absolute Gasteiger partial charge is 0.461 e. The zero-order chi connectivity index (χ0) is 20.1. The Kier molecular flexibility index (Phi) is 5.60. The van der Waals surface area contributed by atoms with Gasteiger partial charge in [0.2, 0.25) is 5.82 Å². The first-order valence-electron chi connectivity index (χ1n) is 9.70. The molecule has 4 rings (SSSR count). The fraction of sp³-hybridized carbons (Fsp3) is 0.286. The van der Waals surface area contributed by atoms with Crippen LogP contribution in [0.25, 0.3) is 22.5 Å². The molecule has 29 heavy (non-hydrogen) atoms. The number of hydrogen-bond acceptors (Lipinski definition) is 4. The molecule has 1 aromatic carbocycles. The lowest BCUT2D eigenvalue weighted by Gasteiger charge is -2.11. The van der Waals surface area contributed by atoms with Gasteiger partial charge in [0.1, 0.15) is 5.82 Å². The summed E-state index contributed by atoms with van der Waals surface area (Å²) in [7, 11) is 1.77. The summed E-state index contributed by atoms with van der Waals surface area (Å²) in [6.07, 6.45) is 3.24. The highest BCUT2D eigenvalue weighted by atomic mass is 16.3. The topological polar surface area (TPSA) is 107 Å². The second-order valence-electron chi connectivity index (χ2n) is 6.78. The average Bonchev–Trinajstić information content (AvgIpc) is 3.47. The van der Waals surface area contributed by atoms with E-state index in [0.29, 0.717) is 24.6 Å². The maximum atomic E-state index is 5.31. The molecule has 3 heterocycles. The molecular formula is C21H25N7O. The monoisotopic (exact) mass is 391 g/mol. The van der Waals surface area contributed by atoms with Crippen LogP contribution >= 0.6 is 0 Å². The lowest BCUT2D eigenvalue weighted by Crippen LogP contribution is -2.39. The molecule has 0 aliphatic heterocycles. The number of hydrogen-bond donors (Lipinski definition) is 4. The Morgan fingerprint density at radius 2 is 1.93 bits per heavy atom. The highest BCUT2D eigenvalue weighted by molar-refractivity contribution is 5.84. The fourth-order valence-electron chi connectivity index (χ4n) is 3.41. The molecule has 0 atom stereocenters. The van der Waals surface area contributed by atoms with Crippen molar-refractivity contribution in [1.29, 1.82) is 0 Å². The highest BCUT2D eigenvalue weighted by Crippen LogP contribution is 2.21. The van der Waals surface area contributed by atoms with E-state index in [1.54, 1.807) is 13.3 Å². The molecule has 0 bridgehead atoms. The SMILES string of the molecule is CN=C(NCCc1nc(-c2ccco2)n[nH]1)NCCc1c(C)[nH]c2ccccc12. The average molecular weight is 391 g/mol. The van der Waals surface area contributed by atoms with Crippen LogP contribution in [-0.4, -0.2) is 46.3 Å². The van der Waals surface area contributed by atoms with E-state index in [0.717, 1.165) is 24.7 Å². The summed E-state index contributed by atoms with van der Waals surface area (Å²) in [4.78, 5) is 12.2. The maximum absolute atomic E-state index is 5.31. The van der Waals surface area contributed by atoms with Gasteiger partial charge >= 0.3 is 0 Å². The summed E-state index contributed by atoms with van der Waals surface area (Å²) in [5.74, 6) is 2.80. The molecular weight excluding hydrogens is 366 g/mol. The molecule has 0 radical (unpaired) electrons. The summed E-state index contributed by atoms with van der Waals surface area (Å²) < 4.78 is 5.31. The summed E-state index contributed by atoms with van der Waals surface area (Å²) in [6.45, 7) is 3.61. The number of nitrogens with one attached hydrogen (secondary N) is 4. The van der Waals surface area contributed by atoms with E-state index in [9.17, 15) is 0 Å². The van der Waals surface area contributed by atoms with Crippen LogP contribution in [0, 0.1) is 6.92 Å². The molecule has 0 amide bonds. The minimum absolute atomic E-state index is 0.571. The Morgan fingerprint density at radius 1 is 1.10 bits per heavy atom. The van der Waals surface area contributed by atoms with Gasteiger partial charge in [0.15, 0.2) is 11.7 Å². The first-order chi connectivity index (χ1) is 14.2. The number of furan rings is 1. The van der Waals surface area contributed by atoms with Crippen molar-refractivity contribution in [3.8, 4) is 11.6 Å². The molecule has 0 unspecified atom stereocenters. The number of aryl methyl sites for hydroxylation is 1. The smallest absolute Gasteiger partial charge is 0.216 e. The molecule has 8 nitrogen and oxygen atoms in total. The zero-order valence-electron chi connectivity index (χ0n) is 16.6. The number of para-hydroxylation sites is 1. The van der Waals surface area contributed by atoms with Crippen LogP contribution in [0.5, 0.6) is 0 Å². The van der Waals surface area contributed by atoms with Crippen molar-refractivity contribution < 1.29 is 4.42 Å². The third kappa shape index (κ3) is 4.31. The lowest BCUT2D eigenvalue weighted by atomic mass is 10.1. The molecule has 0 aliphatic carbocycles. The minimum Gasteiger partial charge on any atom is -0.461 e. The second-order valence-corrected chi connectivity index (χ2v) is 6.78. The van der Waals surface area contributed by atoms with Crippen molar-refractivity contribution >= 4 is 16.9 Å². The standard InChI is InChI=1S/C21H25N7O/c1-14-15(16-6-3-4-7-17(16)25-14)9-11-23-21(22-2)24-12-10-19-26-20(28-27-19)18-8-5-13-29-18/h3-8,13,25H,9-12H2,1-2H3,(H2,22,23,24)(H,26,27,28). The molecule has 3 aromatic heterocycles. The van der Waals surface area contributed by atoms with Gasteiger partial charge in [-0.15, -0.1) is 0 Å². The third-order valence-electron chi connectivity index (χ3n) is 4.85. The molecule has 4 aromatic rings. The van der Waals surface area contributed by atoms with Gasteiger partial charge < -0.3 is 20.0 Å². The first-order valence-corrected chi connectivity index (χ1v) is 9.70. The third-order valence-corrected chi connectivity index (χ3v) is 4.85. The Bertz CT molecular complexity index is 1090. The van der Waals surface area contributed by atoms with E-state index < -0.39 is 0 Å². The predicted molar refractivity (Wildman–Crippen MR) is 114 cm³/mol. The van der Waals surface area contributed by atoms with Gasteiger partial charge in [-0.25, -0.2) is 4.98 Å². The zero-order valence-corrected chi connectivity index (χ0v) is 16.6. The van der Waals surface area contributed by atoms with Crippen molar-refractivity contribution in [3.63, 3.8) is 0 Å². The highest BCUT2D eigenvalue weighted by Gasteiger charge is 2.09. The number of nitrogens with zero attached hydrogens (tertiary/aromatic N) is 3. The molecule has 0 spiro atoms. The van der Waals surface area contributed by atoms with E-state index >= 15 is 0 Å². The number of aromatic amines is 2. The number of fused-ring (bicyclic) bond motifs is 1. The summed E-state index contributed by atoms with van der Waals surface area (Å²) in [5, 5.41) is 15.1. The maximum Gasteiger partial charge on any atom is 0.216 e. The Hall–Kier alpha value is -3.55. The quantitative estimate of drug-likeness (QED) is 0.286. The van der Waals surface area contributed by atoms with Crippen molar-refractivity contribution in [1.82, 2.24) is 30.8 Å². The molecule has 0 aliphatic rings. The van der Waals surface area contributed by atoms with Crippen molar-refractivity contribution in [2.75, 3.05) is 20.1 Å². The number of aromatic nitrogens is 4. The molecule has 0 saturated carbocycles. The van der Waals surface area contributed by atoms with Crippen LogP contribution in [0.1, 0.15) is 17.1 Å². The molecule has 0 saturated heterocycles. The van der Waals surface area contributed by atoms with Gasteiger partial charge in [0.05, 0.1) is 6.26 Å². The molecule has 150 valence electrons. The summed E-state index contributed by atoms with van der Waals surface area (Å²) in [5.41, 5.74) is 3.74. The Morgan fingerprint density at radius 3 is 2.72 bits per heavy atom. The summed E-state index contributed by atoms with van der Waals surface area (Å²) in [6, 6.07) is 12.1. The van der Waals surface area contributed by atoms with E-state index in [-0.39, 0.29) is 0 Å². The van der Waals surface area contributed by atoms with Crippen LogP contribution in [0.3, 0.4) is 0 Å². The van der Waals surface area contributed by atoms with Crippen LogP contribution < -0.4 is 10.6 Å². The second kappa shape index (κ2) is 8.64. The van der Waals surface area contributed by atoms with Gasteiger partial charge in [-0.05, 0) is 37.1 Å². The van der Waals surface area contributed by atoms with Crippen molar-refractivity contribution in [3.05, 3.63) is 59.7 Å². The van der Waals surface area contributed by atoms with Gasteiger partial charge in [-0.2, -0.15) is 5.10 Å². The van der Waals surface area contributed by atoms with E-state index in [1.807, 2.05) is 12.1 Å². The van der Waals surface area contributed by atoms with Gasteiger partial charge in [-0.3, -0.25) is 10.1 Å². The van der Waals surface area contributed by atoms with Gasteiger partial charge in [-0.1, -0.05) is 18.2 Å². The van der Waals surface area contributed by atoms with E-state index in [4.69, 9.17) is 4.42 Å². The summed E-state index contributed by atoms with van der Waals surface area (Å²) >= 11 is 0. The molecule has 0 fully saturated rings. The number of benzene rings is 1. The van der Waals surface area contributed by atoms with Gasteiger partial charge in [0, 0.05) is 43.2 Å². The van der Waals surface area contributed by atoms with Crippen LogP contribution in [0.4, 0.5) is 0 Å². The van der Waals surface area contributed by atoms with Crippen molar-refractivity contribution in [2.24, 2.45) is 4.99 Å². The number of aliphatic imine (C=N–C) groups is 1. The lowest BCUT2D eigenvalue weighted by molar-refractivity contribution is 0.577. The number of H-pyrrole nitrogens is 2. The molecule has 8 heteroatoms. The van der Waals surface area contributed by atoms with Gasteiger partial charge in [0.25, 0.3) is 0 Å². The first kappa shape index (κ1) is 18.8. The predicted octanol–water partition coefficient (Wildman–Crippen LogP) is 2.80. The normalized spacial score (nSPS) is 11.9. The van der Waals surface area contributed by atoms with Crippen LogP contribution in [-0.2, 0) is 12.8 Å². The van der Waals surface area contributed by atoms with Crippen molar-refractivity contribution in [2.45, 2.75) is 19.8 Å². The van der Waals surface area contributed by atoms with Crippen LogP contribution in [0.15, 0.2) is 52.1 Å².